The summed E-state index contributed by atoms with van der Waals surface area (Å²) in [7, 11) is -1.96. The van der Waals surface area contributed by atoms with E-state index in [1.165, 1.54) is 0 Å². The van der Waals surface area contributed by atoms with Crippen LogP contribution in [-0.2, 0) is 31.3 Å². The Balaban J connectivity index is 2.11. The molecule has 8 nitrogen and oxygen atoms in total. The van der Waals surface area contributed by atoms with Crippen molar-refractivity contribution in [2.45, 2.75) is 57.4 Å². The maximum Gasteiger partial charge on any atom is 0.410 e. The topological polar surface area (TPSA) is 95.0 Å². The molecule has 0 atom stereocenters. The van der Waals surface area contributed by atoms with Crippen LogP contribution >= 0.6 is 11.6 Å². The standard InChI is InChI=1S/C20H31ClN2O6S/c1-20(2,3)29-19(24)23-9-6-14(7-10-23)16-12-15(13-21)17(22-18(16)27-4)8-11-28-30(5,25)26/h12,14H,6-11,13H2,1-5H3. The van der Waals surface area contributed by atoms with Crippen molar-refractivity contribution in [1.82, 2.24) is 9.88 Å². The predicted octanol–water partition coefficient (Wildman–Crippen LogP) is 3.46. The summed E-state index contributed by atoms with van der Waals surface area (Å²) in [5.41, 5.74) is 1.90. The van der Waals surface area contributed by atoms with Crippen molar-refractivity contribution in [2.24, 2.45) is 0 Å². The molecule has 0 spiro atoms. The zero-order valence-corrected chi connectivity index (χ0v) is 19.8. The number of hydrogen-bond donors (Lipinski definition) is 0. The number of aromatic nitrogens is 1. The Morgan fingerprint density at radius 2 is 1.93 bits per heavy atom. The Kier molecular flexibility index (Phi) is 8.35. The second-order valence-corrected chi connectivity index (χ2v) is 10.3. The lowest BCUT2D eigenvalue weighted by Crippen LogP contribution is -2.41. The van der Waals surface area contributed by atoms with Gasteiger partial charge in [-0.15, -0.1) is 11.6 Å². The molecule has 0 N–H and O–H groups in total. The number of hydrogen-bond acceptors (Lipinski definition) is 7. The molecule has 1 aliphatic heterocycles. The first-order valence-corrected chi connectivity index (χ1v) is 12.2. The Hall–Kier alpha value is -1.58. The molecule has 0 aliphatic carbocycles. The molecule has 0 radical (unpaired) electrons. The van der Waals surface area contributed by atoms with Gasteiger partial charge in [-0.2, -0.15) is 8.42 Å². The number of pyridine rings is 1. The van der Waals surface area contributed by atoms with Gasteiger partial charge in [0.25, 0.3) is 10.1 Å². The Morgan fingerprint density at radius 1 is 1.30 bits per heavy atom. The maximum absolute atomic E-state index is 12.3. The first kappa shape index (κ1) is 24.7. The fourth-order valence-electron chi connectivity index (χ4n) is 3.37. The van der Waals surface area contributed by atoms with Crippen LogP contribution in [0.25, 0.3) is 0 Å². The normalized spacial score (nSPS) is 15.9. The number of ether oxygens (including phenoxy) is 2. The highest BCUT2D eigenvalue weighted by atomic mass is 35.5. The molecule has 0 aromatic carbocycles. The van der Waals surface area contributed by atoms with Crippen LogP contribution in [0.1, 0.15) is 56.4 Å². The largest absolute Gasteiger partial charge is 0.481 e. The molecule has 0 saturated carbocycles. The van der Waals surface area contributed by atoms with Crippen molar-refractivity contribution in [1.29, 1.82) is 0 Å². The van der Waals surface area contributed by atoms with Gasteiger partial charge in [0.1, 0.15) is 5.60 Å². The van der Waals surface area contributed by atoms with Gasteiger partial charge in [0.05, 0.1) is 25.7 Å². The number of alkyl halides is 1. The molecule has 170 valence electrons. The Morgan fingerprint density at radius 3 is 2.43 bits per heavy atom. The molecule has 10 heteroatoms. The van der Waals surface area contributed by atoms with Crippen LogP contribution in [-0.4, -0.2) is 63.1 Å². The summed E-state index contributed by atoms with van der Waals surface area (Å²) in [5, 5.41) is 0. The van der Waals surface area contributed by atoms with Crippen molar-refractivity contribution >= 4 is 27.8 Å². The van der Waals surface area contributed by atoms with Crippen LogP contribution in [0.4, 0.5) is 4.79 Å². The minimum absolute atomic E-state index is 0.00744. The summed E-state index contributed by atoms with van der Waals surface area (Å²) in [6.45, 7) is 6.72. The number of carbonyl (C=O) groups excluding carboxylic acids is 1. The molecular formula is C20H31ClN2O6S. The van der Waals surface area contributed by atoms with Gasteiger partial charge in [-0.1, -0.05) is 0 Å². The molecule has 1 aromatic rings. The van der Waals surface area contributed by atoms with Gasteiger partial charge in [0, 0.05) is 31.0 Å². The first-order chi connectivity index (χ1) is 13.9. The van der Waals surface area contributed by atoms with E-state index in [1.54, 1.807) is 12.0 Å². The molecule has 1 amide bonds. The van der Waals surface area contributed by atoms with Crippen molar-refractivity contribution in [3.63, 3.8) is 0 Å². The summed E-state index contributed by atoms with van der Waals surface area (Å²) in [5.74, 6) is 0.915. The molecule has 2 heterocycles. The van der Waals surface area contributed by atoms with E-state index in [9.17, 15) is 13.2 Å². The zero-order chi connectivity index (χ0) is 22.5. The van der Waals surface area contributed by atoms with E-state index in [2.05, 4.69) is 4.98 Å². The third kappa shape index (κ3) is 7.28. The smallest absolute Gasteiger partial charge is 0.410 e. The molecule has 30 heavy (non-hydrogen) atoms. The third-order valence-electron chi connectivity index (χ3n) is 4.74. The molecule has 2 rings (SSSR count). The highest BCUT2D eigenvalue weighted by molar-refractivity contribution is 7.85. The molecule has 1 fully saturated rings. The van der Waals surface area contributed by atoms with E-state index in [-0.39, 0.29) is 24.5 Å². The molecular weight excluding hydrogens is 432 g/mol. The molecule has 0 unspecified atom stereocenters. The lowest BCUT2D eigenvalue weighted by Gasteiger charge is -2.34. The Bertz CT molecular complexity index is 846. The number of methoxy groups -OCH3 is 1. The van der Waals surface area contributed by atoms with Crippen LogP contribution in [0.2, 0.25) is 0 Å². The molecule has 0 bridgehead atoms. The van der Waals surface area contributed by atoms with Crippen molar-refractivity contribution in [2.75, 3.05) is 33.1 Å². The van der Waals surface area contributed by atoms with Crippen LogP contribution in [0.15, 0.2) is 6.07 Å². The van der Waals surface area contributed by atoms with Gasteiger partial charge in [0.2, 0.25) is 5.88 Å². The summed E-state index contributed by atoms with van der Waals surface area (Å²) in [4.78, 5) is 18.6. The minimum atomic E-state index is -3.51. The van der Waals surface area contributed by atoms with Crippen LogP contribution < -0.4 is 4.74 Å². The lowest BCUT2D eigenvalue weighted by molar-refractivity contribution is 0.0204. The third-order valence-corrected chi connectivity index (χ3v) is 5.63. The van der Waals surface area contributed by atoms with Gasteiger partial charge < -0.3 is 14.4 Å². The van der Waals surface area contributed by atoms with Crippen LogP contribution in [0, 0.1) is 0 Å². The predicted molar refractivity (Wildman–Crippen MR) is 115 cm³/mol. The summed E-state index contributed by atoms with van der Waals surface area (Å²) >= 11 is 6.12. The van der Waals surface area contributed by atoms with E-state index in [1.807, 2.05) is 26.8 Å². The van der Waals surface area contributed by atoms with E-state index in [0.717, 1.165) is 30.2 Å². The highest BCUT2D eigenvalue weighted by Crippen LogP contribution is 2.35. The number of halogens is 1. The van der Waals surface area contributed by atoms with Crippen molar-refractivity contribution in [3.05, 3.63) is 22.9 Å². The van der Waals surface area contributed by atoms with Crippen LogP contribution in [0.3, 0.4) is 0 Å². The lowest BCUT2D eigenvalue weighted by atomic mass is 9.89. The maximum atomic E-state index is 12.3. The van der Waals surface area contributed by atoms with E-state index in [0.29, 0.717) is 31.1 Å². The van der Waals surface area contributed by atoms with E-state index < -0.39 is 15.7 Å². The number of likely N-dealkylation sites (tertiary alicyclic amines) is 1. The van der Waals surface area contributed by atoms with Crippen molar-refractivity contribution < 1.29 is 26.9 Å². The summed E-state index contributed by atoms with van der Waals surface area (Å²) in [6, 6.07) is 1.97. The van der Waals surface area contributed by atoms with Gasteiger partial charge in [-0.25, -0.2) is 9.78 Å². The second-order valence-electron chi connectivity index (χ2n) is 8.34. The monoisotopic (exact) mass is 462 g/mol. The van der Waals surface area contributed by atoms with Gasteiger partial charge >= 0.3 is 6.09 Å². The quantitative estimate of drug-likeness (QED) is 0.452. The summed E-state index contributed by atoms with van der Waals surface area (Å²) < 4.78 is 38.1. The average molecular weight is 463 g/mol. The van der Waals surface area contributed by atoms with Gasteiger partial charge in [0.15, 0.2) is 0 Å². The van der Waals surface area contributed by atoms with Gasteiger partial charge in [-0.05, 0) is 51.2 Å². The number of amides is 1. The average Bonchev–Trinajstić information content (AvgIpc) is 2.65. The number of rotatable bonds is 7. The van der Waals surface area contributed by atoms with Gasteiger partial charge in [-0.3, -0.25) is 4.18 Å². The summed E-state index contributed by atoms with van der Waals surface area (Å²) in [6.07, 6.45) is 2.54. The SMILES string of the molecule is COc1nc(CCOS(C)(=O)=O)c(CCl)cc1C1CCN(C(=O)OC(C)(C)C)CC1. The minimum Gasteiger partial charge on any atom is -0.481 e. The van der Waals surface area contributed by atoms with Crippen molar-refractivity contribution in [3.8, 4) is 5.88 Å². The van der Waals surface area contributed by atoms with E-state index >= 15 is 0 Å². The Labute approximate surface area is 184 Å². The first-order valence-electron chi connectivity index (χ1n) is 9.88. The number of piperidine rings is 1. The van der Waals surface area contributed by atoms with E-state index in [4.69, 9.17) is 25.3 Å². The molecule has 1 aromatic heterocycles. The van der Waals surface area contributed by atoms with Crippen LogP contribution in [0.5, 0.6) is 5.88 Å². The fraction of sp³-hybridized carbons (Fsp3) is 0.700. The highest BCUT2D eigenvalue weighted by Gasteiger charge is 2.29. The fourth-order valence-corrected chi connectivity index (χ4v) is 3.99. The molecule has 1 saturated heterocycles. The second kappa shape index (κ2) is 10.2. The zero-order valence-electron chi connectivity index (χ0n) is 18.2. The number of carbonyl (C=O) groups is 1. The number of nitrogens with zero attached hydrogens (tertiary/aromatic N) is 2. The molecule has 1 aliphatic rings.